The topological polar surface area (TPSA) is 0 Å². The summed E-state index contributed by atoms with van der Waals surface area (Å²) in [7, 11) is 0. The summed E-state index contributed by atoms with van der Waals surface area (Å²) in [6.07, 6.45) is 0. The van der Waals surface area contributed by atoms with Gasteiger partial charge in [-0.2, -0.15) is 18.6 Å². The van der Waals surface area contributed by atoms with Crippen LogP contribution in [-0.2, 0) is 0 Å². The molecule has 0 saturated carbocycles. The minimum atomic E-state index is 0. The third-order valence-corrected chi connectivity index (χ3v) is 2.15. The molecule has 0 bridgehead atoms. The summed E-state index contributed by atoms with van der Waals surface area (Å²) in [5, 5.41) is 0. The van der Waals surface area contributed by atoms with Gasteiger partial charge in [0.2, 0.25) is 0 Å². The fourth-order valence-corrected chi connectivity index (χ4v) is 1.56. The second-order valence-electron chi connectivity index (χ2n) is 1.94. The van der Waals surface area contributed by atoms with Gasteiger partial charge in [-0.05, 0) is 6.92 Å². The van der Waals surface area contributed by atoms with Crippen LogP contribution < -0.4 is 12.4 Å². The molecule has 0 amide bonds. The maximum absolute atomic E-state index is 3.85. The van der Waals surface area contributed by atoms with Crippen LogP contribution in [0.3, 0.4) is 0 Å². The normalized spacial score (nSPS) is 7.80. The summed E-state index contributed by atoms with van der Waals surface area (Å²) >= 11 is 1.81. The summed E-state index contributed by atoms with van der Waals surface area (Å²) in [6, 6.07) is 2.11. The Morgan fingerprint density at radius 2 is 1.90 bits per heavy atom. The molecule has 0 fully saturated rings. The smallest absolute Gasteiger partial charge is 1.00 e. The number of thiophene rings is 1. The Labute approximate surface area is 88.6 Å². The molecule has 3 heteroatoms. The van der Waals surface area contributed by atoms with Gasteiger partial charge in [0.25, 0.3) is 0 Å². The Morgan fingerprint density at radius 1 is 1.40 bits per heavy atom. The zero-order chi connectivity index (χ0) is 6.15. The van der Waals surface area contributed by atoms with Crippen molar-refractivity contribution in [1.29, 1.82) is 0 Å². The van der Waals surface area contributed by atoms with Crippen molar-refractivity contribution in [3.8, 4) is 0 Å². The van der Waals surface area contributed by atoms with E-state index in [1.54, 1.807) is 11.3 Å². The van der Waals surface area contributed by atoms with Crippen molar-refractivity contribution in [1.82, 2.24) is 0 Å². The van der Waals surface area contributed by atoms with E-state index in [1.165, 1.54) is 15.3 Å². The molecule has 0 saturated heterocycles. The molecule has 0 radical (unpaired) electrons. The maximum Gasteiger partial charge on any atom is 2.00 e. The molecule has 0 N–H and O–H groups in total. The fraction of sp³-hybridized carbons (Fsp3) is 0.286. The molecule has 1 rings (SSSR count). The van der Waals surface area contributed by atoms with E-state index >= 15 is 0 Å². The van der Waals surface area contributed by atoms with Crippen molar-refractivity contribution in [2.24, 2.45) is 0 Å². The minimum Gasteiger partial charge on any atom is -1.00 e. The number of hydrogen-bond donors (Lipinski definition) is 0. The van der Waals surface area contributed by atoms with E-state index in [-0.39, 0.29) is 35.5 Å². The SMILES string of the molecule is [CH2-]c1cc(C)sc1C.[Cl-].[Mg+2]. The third kappa shape index (κ3) is 3.15. The molecule has 0 unspecified atom stereocenters. The number of rotatable bonds is 0. The van der Waals surface area contributed by atoms with Gasteiger partial charge in [0, 0.05) is 0 Å². The molecule has 0 atom stereocenters. The van der Waals surface area contributed by atoms with Crippen LogP contribution in [0.25, 0.3) is 0 Å². The van der Waals surface area contributed by atoms with Crippen molar-refractivity contribution >= 4 is 34.4 Å². The maximum atomic E-state index is 3.85. The summed E-state index contributed by atoms with van der Waals surface area (Å²) in [5.41, 5.74) is 1.17. The van der Waals surface area contributed by atoms with Crippen LogP contribution in [0.1, 0.15) is 15.3 Å². The number of hydrogen-bond acceptors (Lipinski definition) is 1. The second kappa shape index (κ2) is 5.30. The Bertz CT molecular complexity index is 176. The number of aryl methyl sites for hydroxylation is 2. The van der Waals surface area contributed by atoms with Gasteiger partial charge >= 0.3 is 23.1 Å². The van der Waals surface area contributed by atoms with E-state index in [4.69, 9.17) is 0 Å². The predicted molar refractivity (Wildman–Crippen MR) is 44.0 cm³/mol. The molecule has 0 aliphatic rings. The van der Waals surface area contributed by atoms with E-state index in [0.717, 1.165) is 0 Å². The molecule has 1 aromatic rings. The monoisotopic (exact) mass is 184 g/mol. The molecule has 0 nitrogen and oxygen atoms in total. The van der Waals surface area contributed by atoms with E-state index in [9.17, 15) is 0 Å². The van der Waals surface area contributed by atoms with Gasteiger partial charge in [-0.15, -0.1) is 4.88 Å². The Kier molecular flexibility index (Phi) is 7.01. The molecular weight excluding hydrogens is 176 g/mol. The first-order chi connectivity index (χ1) is 3.70. The molecule has 0 aliphatic carbocycles. The zero-order valence-electron chi connectivity index (χ0n) is 6.28. The van der Waals surface area contributed by atoms with Gasteiger partial charge in [0.15, 0.2) is 0 Å². The average molecular weight is 185 g/mol. The summed E-state index contributed by atoms with van der Waals surface area (Å²) in [6.45, 7) is 8.05. The van der Waals surface area contributed by atoms with Gasteiger partial charge in [0.05, 0.1) is 0 Å². The molecule has 52 valence electrons. The van der Waals surface area contributed by atoms with Gasteiger partial charge in [-0.3, -0.25) is 0 Å². The first-order valence-electron chi connectivity index (χ1n) is 2.59. The van der Waals surface area contributed by atoms with Crippen LogP contribution in [0.5, 0.6) is 0 Å². The molecule has 0 aliphatic heterocycles. The van der Waals surface area contributed by atoms with Crippen LogP contribution in [0, 0.1) is 20.8 Å². The summed E-state index contributed by atoms with van der Waals surface area (Å²) < 4.78 is 0. The molecule has 10 heavy (non-hydrogen) atoms. The summed E-state index contributed by atoms with van der Waals surface area (Å²) in [5.74, 6) is 0. The molecule has 0 aromatic carbocycles. The molecular formula is C7H9ClMgS. The van der Waals surface area contributed by atoms with Crippen molar-refractivity contribution < 1.29 is 12.4 Å². The van der Waals surface area contributed by atoms with Crippen LogP contribution in [0.15, 0.2) is 6.07 Å². The predicted octanol–water partition coefficient (Wildman–Crippen LogP) is -0.830. The summed E-state index contributed by atoms with van der Waals surface area (Å²) in [4.78, 5) is 2.69. The van der Waals surface area contributed by atoms with Gasteiger partial charge < -0.3 is 12.4 Å². The molecule has 1 aromatic heterocycles. The van der Waals surface area contributed by atoms with E-state index in [1.807, 2.05) is 0 Å². The van der Waals surface area contributed by atoms with E-state index in [0.29, 0.717) is 0 Å². The van der Waals surface area contributed by atoms with Gasteiger partial charge in [-0.25, -0.2) is 11.3 Å². The molecule has 1 heterocycles. The Balaban J connectivity index is 0. The fourth-order valence-electron chi connectivity index (χ4n) is 0.683. The minimum absolute atomic E-state index is 0. The van der Waals surface area contributed by atoms with Crippen molar-refractivity contribution in [2.75, 3.05) is 0 Å². The van der Waals surface area contributed by atoms with Crippen LogP contribution in [0.2, 0.25) is 0 Å². The first kappa shape index (κ1) is 13.2. The number of halogens is 1. The van der Waals surface area contributed by atoms with E-state index in [2.05, 4.69) is 26.8 Å². The van der Waals surface area contributed by atoms with Crippen molar-refractivity contribution in [3.63, 3.8) is 0 Å². The first-order valence-corrected chi connectivity index (χ1v) is 3.41. The van der Waals surface area contributed by atoms with Crippen molar-refractivity contribution in [2.45, 2.75) is 13.8 Å². The third-order valence-electron chi connectivity index (χ3n) is 1.14. The van der Waals surface area contributed by atoms with Gasteiger partial charge in [0.1, 0.15) is 0 Å². The van der Waals surface area contributed by atoms with Crippen LogP contribution in [0.4, 0.5) is 0 Å². The average Bonchev–Trinajstić information content (AvgIpc) is 1.85. The van der Waals surface area contributed by atoms with Crippen molar-refractivity contribution in [3.05, 3.63) is 28.3 Å². The Hall–Kier alpha value is 0.626. The Morgan fingerprint density at radius 3 is 2.00 bits per heavy atom. The zero-order valence-corrected chi connectivity index (χ0v) is 9.26. The van der Waals surface area contributed by atoms with Crippen LogP contribution >= 0.6 is 11.3 Å². The quantitative estimate of drug-likeness (QED) is 0.365. The van der Waals surface area contributed by atoms with Gasteiger partial charge in [-0.1, -0.05) is 11.8 Å². The standard InChI is InChI=1S/C7H9S.ClH.Mg/c1-5-4-6(2)8-7(5)3;;/h4H,1H2,2-3H3;1H;/q-1;;+2/p-1. The molecule has 0 spiro atoms. The second-order valence-corrected chi connectivity index (χ2v) is 3.40. The van der Waals surface area contributed by atoms with Crippen LogP contribution in [-0.4, -0.2) is 23.1 Å². The largest absolute Gasteiger partial charge is 2.00 e. The van der Waals surface area contributed by atoms with E-state index < -0.39 is 0 Å².